The molecule has 0 spiro atoms. The van der Waals surface area contributed by atoms with Crippen LogP contribution < -0.4 is 5.32 Å². The summed E-state index contributed by atoms with van der Waals surface area (Å²) in [6.07, 6.45) is 4.03. The summed E-state index contributed by atoms with van der Waals surface area (Å²) in [5, 5.41) is 4.95. The normalized spacial score (nSPS) is 26.2. The van der Waals surface area contributed by atoms with Gasteiger partial charge < -0.3 is 5.32 Å². The van der Waals surface area contributed by atoms with Crippen LogP contribution in [-0.2, 0) is 6.54 Å². The van der Waals surface area contributed by atoms with Gasteiger partial charge in [0.15, 0.2) is 0 Å². The lowest BCUT2D eigenvalue weighted by atomic mass is 10.1. The molecule has 0 amide bonds. The highest BCUT2D eigenvalue weighted by atomic mass is 15.2. The van der Waals surface area contributed by atoms with E-state index in [2.05, 4.69) is 46.6 Å². The van der Waals surface area contributed by atoms with Gasteiger partial charge in [-0.1, -0.05) is 24.3 Å². The molecule has 104 valence electrons. The number of hydrogen-bond donors (Lipinski definition) is 1. The molecular weight excluding hydrogens is 246 g/mol. The first-order valence-electron chi connectivity index (χ1n) is 7.72. The third-order valence-electron chi connectivity index (χ3n) is 4.81. The average Bonchev–Trinajstić information content (AvgIpc) is 3.08. The molecule has 1 aromatic heterocycles. The van der Waals surface area contributed by atoms with E-state index >= 15 is 0 Å². The first-order valence-corrected chi connectivity index (χ1v) is 7.72. The number of benzene rings is 1. The summed E-state index contributed by atoms with van der Waals surface area (Å²) in [4.78, 5) is 7.39. The van der Waals surface area contributed by atoms with Crippen molar-refractivity contribution in [3.05, 3.63) is 42.1 Å². The maximum absolute atomic E-state index is 4.75. The Morgan fingerprint density at radius 3 is 3.05 bits per heavy atom. The Bertz CT molecular complexity index is 610. The van der Waals surface area contributed by atoms with Crippen molar-refractivity contribution in [2.75, 3.05) is 13.1 Å². The SMILES string of the molecule is c1ccc2nc(CNC3CCN4CCCC34)ccc2c1. The topological polar surface area (TPSA) is 28.2 Å². The Morgan fingerprint density at radius 2 is 2.05 bits per heavy atom. The molecule has 0 bridgehead atoms. The number of pyridine rings is 1. The zero-order chi connectivity index (χ0) is 13.4. The predicted molar refractivity (Wildman–Crippen MR) is 81.6 cm³/mol. The van der Waals surface area contributed by atoms with Crippen molar-refractivity contribution >= 4 is 10.9 Å². The molecule has 2 unspecified atom stereocenters. The summed E-state index contributed by atoms with van der Waals surface area (Å²) < 4.78 is 0. The van der Waals surface area contributed by atoms with Gasteiger partial charge in [0.05, 0.1) is 11.2 Å². The van der Waals surface area contributed by atoms with Crippen LogP contribution in [0.1, 0.15) is 25.0 Å². The Hall–Kier alpha value is -1.45. The number of nitrogens with zero attached hydrogens (tertiary/aromatic N) is 2. The van der Waals surface area contributed by atoms with Crippen molar-refractivity contribution in [2.24, 2.45) is 0 Å². The zero-order valence-electron chi connectivity index (χ0n) is 11.8. The van der Waals surface area contributed by atoms with E-state index < -0.39 is 0 Å². The van der Waals surface area contributed by atoms with Gasteiger partial charge in [0, 0.05) is 30.6 Å². The van der Waals surface area contributed by atoms with Crippen molar-refractivity contribution in [1.29, 1.82) is 0 Å². The number of nitrogens with one attached hydrogen (secondary N) is 1. The minimum Gasteiger partial charge on any atom is -0.307 e. The molecule has 1 aromatic carbocycles. The molecule has 2 aromatic rings. The van der Waals surface area contributed by atoms with Crippen LogP contribution in [-0.4, -0.2) is 35.1 Å². The summed E-state index contributed by atoms with van der Waals surface area (Å²) in [7, 11) is 0. The van der Waals surface area contributed by atoms with Crippen molar-refractivity contribution in [1.82, 2.24) is 15.2 Å². The standard InChI is InChI=1S/C17H21N3/c1-2-5-15-13(4-1)7-8-14(19-15)12-18-16-9-11-20-10-3-6-17(16)20/h1-2,4-5,7-8,16-18H,3,6,9-12H2. The van der Waals surface area contributed by atoms with Gasteiger partial charge in [-0.15, -0.1) is 0 Å². The number of hydrogen-bond acceptors (Lipinski definition) is 3. The Labute approximate surface area is 120 Å². The molecule has 0 aliphatic carbocycles. The summed E-state index contributed by atoms with van der Waals surface area (Å²) >= 11 is 0. The molecule has 2 atom stereocenters. The lowest BCUT2D eigenvalue weighted by molar-refractivity contribution is 0.298. The summed E-state index contributed by atoms with van der Waals surface area (Å²) in [6.45, 7) is 3.46. The van der Waals surface area contributed by atoms with Gasteiger partial charge in [-0.3, -0.25) is 9.88 Å². The largest absolute Gasteiger partial charge is 0.307 e. The molecule has 1 N–H and O–H groups in total. The third-order valence-corrected chi connectivity index (χ3v) is 4.81. The fourth-order valence-electron chi connectivity index (χ4n) is 3.76. The van der Waals surface area contributed by atoms with Gasteiger partial charge in [0.2, 0.25) is 0 Å². The molecule has 20 heavy (non-hydrogen) atoms. The van der Waals surface area contributed by atoms with Crippen molar-refractivity contribution in [2.45, 2.75) is 37.9 Å². The van der Waals surface area contributed by atoms with Crippen molar-refractivity contribution in [3.63, 3.8) is 0 Å². The third kappa shape index (κ3) is 2.21. The highest BCUT2D eigenvalue weighted by Crippen LogP contribution is 2.28. The van der Waals surface area contributed by atoms with Crippen molar-refractivity contribution < 1.29 is 0 Å². The molecule has 0 saturated carbocycles. The van der Waals surface area contributed by atoms with Crippen LogP contribution in [0.2, 0.25) is 0 Å². The molecule has 2 aliphatic heterocycles. The van der Waals surface area contributed by atoms with E-state index in [1.54, 1.807) is 0 Å². The van der Waals surface area contributed by atoms with Crippen LogP contribution in [0.5, 0.6) is 0 Å². The van der Waals surface area contributed by atoms with E-state index in [-0.39, 0.29) is 0 Å². The average molecular weight is 267 g/mol. The van der Waals surface area contributed by atoms with E-state index in [0.717, 1.165) is 23.8 Å². The summed E-state index contributed by atoms with van der Waals surface area (Å²) in [5.41, 5.74) is 2.25. The molecule has 3 nitrogen and oxygen atoms in total. The van der Waals surface area contributed by atoms with Crippen LogP contribution in [0.15, 0.2) is 36.4 Å². The second-order valence-corrected chi connectivity index (χ2v) is 6.02. The van der Waals surface area contributed by atoms with Gasteiger partial charge in [-0.05, 0) is 37.9 Å². The Kier molecular flexibility index (Phi) is 3.17. The minimum atomic E-state index is 0.658. The van der Waals surface area contributed by atoms with Gasteiger partial charge in [0.25, 0.3) is 0 Å². The Balaban J connectivity index is 1.45. The van der Waals surface area contributed by atoms with Crippen LogP contribution >= 0.6 is 0 Å². The maximum Gasteiger partial charge on any atom is 0.0705 e. The molecule has 2 fully saturated rings. The van der Waals surface area contributed by atoms with Crippen LogP contribution in [0.25, 0.3) is 10.9 Å². The van der Waals surface area contributed by atoms with E-state index in [1.807, 2.05) is 0 Å². The first-order chi connectivity index (χ1) is 9.90. The highest BCUT2D eigenvalue weighted by Gasteiger charge is 2.36. The number of rotatable bonds is 3. The molecule has 3 heteroatoms. The van der Waals surface area contributed by atoms with Gasteiger partial charge in [-0.25, -0.2) is 0 Å². The van der Waals surface area contributed by atoms with Crippen LogP contribution in [0, 0.1) is 0 Å². The maximum atomic E-state index is 4.75. The molecule has 0 radical (unpaired) electrons. The lowest BCUT2D eigenvalue weighted by Gasteiger charge is -2.21. The smallest absolute Gasteiger partial charge is 0.0705 e. The van der Waals surface area contributed by atoms with Gasteiger partial charge in [-0.2, -0.15) is 0 Å². The zero-order valence-corrected chi connectivity index (χ0v) is 11.8. The molecule has 2 aliphatic rings. The fraction of sp³-hybridized carbons (Fsp3) is 0.471. The van der Waals surface area contributed by atoms with Gasteiger partial charge in [0.1, 0.15) is 0 Å². The first kappa shape index (κ1) is 12.3. The highest BCUT2D eigenvalue weighted by molar-refractivity contribution is 5.78. The molecular formula is C17H21N3. The second-order valence-electron chi connectivity index (χ2n) is 6.02. The van der Waals surface area contributed by atoms with Crippen molar-refractivity contribution in [3.8, 4) is 0 Å². The number of para-hydroxylation sites is 1. The van der Waals surface area contributed by atoms with E-state index in [1.165, 1.54) is 37.7 Å². The second kappa shape index (κ2) is 5.15. The fourth-order valence-corrected chi connectivity index (χ4v) is 3.76. The number of fused-ring (bicyclic) bond motifs is 2. The summed E-state index contributed by atoms with van der Waals surface area (Å²) in [5.74, 6) is 0. The summed E-state index contributed by atoms with van der Waals surface area (Å²) in [6, 6.07) is 14.1. The van der Waals surface area contributed by atoms with E-state index in [9.17, 15) is 0 Å². The number of aromatic nitrogens is 1. The Morgan fingerprint density at radius 1 is 1.10 bits per heavy atom. The minimum absolute atomic E-state index is 0.658. The van der Waals surface area contributed by atoms with Gasteiger partial charge >= 0.3 is 0 Å². The molecule has 3 heterocycles. The van der Waals surface area contributed by atoms with E-state index in [4.69, 9.17) is 4.98 Å². The van der Waals surface area contributed by atoms with E-state index in [0.29, 0.717) is 6.04 Å². The quantitative estimate of drug-likeness (QED) is 0.926. The monoisotopic (exact) mass is 267 g/mol. The predicted octanol–water partition coefficient (Wildman–Crippen LogP) is 2.56. The molecule has 2 saturated heterocycles. The van der Waals surface area contributed by atoms with Crippen LogP contribution in [0.4, 0.5) is 0 Å². The van der Waals surface area contributed by atoms with Crippen LogP contribution in [0.3, 0.4) is 0 Å². The molecule has 4 rings (SSSR count). The lowest BCUT2D eigenvalue weighted by Crippen LogP contribution is -2.38.